The van der Waals surface area contributed by atoms with Gasteiger partial charge in [0.15, 0.2) is 11.6 Å². The van der Waals surface area contributed by atoms with E-state index >= 15 is 0 Å². The Kier molecular flexibility index (Phi) is 13.5. The number of nitrogens with zero attached hydrogens (tertiary/aromatic N) is 5. The Morgan fingerprint density at radius 1 is 0.969 bits per heavy atom. The molecule has 64 heavy (non-hydrogen) atoms. The number of hydrogen-bond acceptors (Lipinski definition) is 12. The van der Waals surface area contributed by atoms with Crippen LogP contribution < -0.4 is 14.8 Å². The lowest BCUT2D eigenvalue weighted by Gasteiger charge is -2.29. The Hall–Kier alpha value is -4.27. The van der Waals surface area contributed by atoms with E-state index in [1.54, 1.807) is 16.5 Å². The fourth-order valence-electron chi connectivity index (χ4n) is 11.1. The highest BCUT2D eigenvalue weighted by Crippen LogP contribution is 2.59. The van der Waals surface area contributed by atoms with E-state index in [2.05, 4.69) is 10.2 Å². The lowest BCUT2D eigenvalue weighted by atomic mass is 9.87. The van der Waals surface area contributed by atoms with Crippen molar-refractivity contribution in [2.75, 3.05) is 51.3 Å². The number of Topliss-reactive ketones (excluding diaryl/α,β-unsaturated/α-hetero) is 2. The molecule has 346 valence electrons. The van der Waals surface area contributed by atoms with Crippen LogP contribution in [-0.4, -0.2) is 118 Å². The predicted octanol–water partition coefficient (Wildman–Crippen LogP) is 7.60. The van der Waals surface area contributed by atoms with E-state index in [1.807, 2.05) is 44.3 Å². The van der Waals surface area contributed by atoms with Crippen molar-refractivity contribution in [3.8, 4) is 17.3 Å². The van der Waals surface area contributed by atoms with Gasteiger partial charge in [-0.15, -0.1) is 5.10 Å². The molecule has 6 aliphatic rings. The number of pyridine rings is 1. The van der Waals surface area contributed by atoms with Crippen LogP contribution >= 0.6 is 11.6 Å². The van der Waals surface area contributed by atoms with Crippen molar-refractivity contribution in [2.45, 2.75) is 135 Å². The zero-order chi connectivity index (χ0) is 44.5. The first-order valence-electron chi connectivity index (χ1n) is 24.0. The molecule has 1 unspecified atom stereocenters. The molecule has 3 saturated heterocycles. The number of fused-ring (bicyclic) bond motifs is 4. The van der Waals surface area contributed by atoms with E-state index in [0.29, 0.717) is 83.6 Å². The van der Waals surface area contributed by atoms with Gasteiger partial charge in [0.1, 0.15) is 46.9 Å². The summed E-state index contributed by atoms with van der Waals surface area (Å²) in [7, 11) is 0. The quantitative estimate of drug-likeness (QED) is 0.168. The topological polar surface area (TPSA) is 154 Å². The number of ether oxygens (including phenoxy) is 4. The first-order valence-corrected chi connectivity index (χ1v) is 24.4. The third-order valence-corrected chi connectivity index (χ3v) is 15.2. The van der Waals surface area contributed by atoms with Gasteiger partial charge < -0.3 is 29.2 Å². The number of esters is 1. The monoisotopic (exact) mass is 900 g/mol. The number of benzene rings is 1. The van der Waals surface area contributed by atoms with Gasteiger partial charge in [0.05, 0.1) is 37.7 Å². The normalized spacial score (nSPS) is 30.0. The van der Waals surface area contributed by atoms with Crippen LogP contribution in [0.2, 0.25) is 5.02 Å². The molecule has 1 aromatic carbocycles. The van der Waals surface area contributed by atoms with Crippen molar-refractivity contribution in [1.82, 2.24) is 24.6 Å². The fourth-order valence-corrected chi connectivity index (χ4v) is 11.3. The molecule has 1 N–H and O–H groups in total. The Bertz CT molecular complexity index is 2200. The Balaban J connectivity index is 1.01. The van der Waals surface area contributed by atoms with Crippen LogP contribution in [0.5, 0.6) is 11.5 Å². The maximum atomic E-state index is 14.9. The molecule has 5 heterocycles. The third kappa shape index (κ3) is 10.1. The molecule has 0 radical (unpaired) electrons. The number of carbonyl (C=O) groups excluding carboxylic acids is 4. The first kappa shape index (κ1) is 44.9. The molecule has 14 nitrogen and oxygen atoms in total. The lowest BCUT2D eigenvalue weighted by molar-refractivity contribution is -0.154. The minimum atomic E-state index is -0.807. The van der Waals surface area contributed by atoms with Crippen LogP contribution in [0.4, 0.5) is 5.82 Å². The van der Waals surface area contributed by atoms with Crippen LogP contribution in [-0.2, 0) is 28.7 Å². The summed E-state index contributed by atoms with van der Waals surface area (Å²) in [6, 6.07) is 6.76. The van der Waals surface area contributed by atoms with Crippen molar-refractivity contribution in [2.24, 2.45) is 29.1 Å². The minimum absolute atomic E-state index is 0.0156. The summed E-state index contributed by atoms with van der Waals surface area (Å²) < 4.78 is 26.3. The molecule has 2 aromatic heterocycles. The zero-order valence-corrected chi connectivity index (χ0v) is 38.5. The number of nitrogens with one attached hydrogen (secondary N) is 1. The predicted molar refractivity (Wildman–Crippen MR) is 242 cm³/mol. The minimum Gasteiger partial charge on any atom is -0.491 e. The van der Waals surface area contributed by atoms with Crippen molar-refractivity contribution in [1.29, 1.82) is 0 Å². The van der Waals surface area contributed by atoms with Gasteiger partial charge in [0.25, 0.3) is 0 Å². The summed E-state index contributed by atoms with van der Waals surface area (Å²) in [5, 5.41) is 9.05. The van der Waals surface area contributed by atoms with Crippen molar-refractivity contribution in [3.63, 3.8) is 0 Å². The van der Waals surface area contributed by atoms with Gasteiger partial charge in [-0.05, 0) is 89.2 Å². The molecule has 0 bridgehead atoms. The molecule has 9 rings (SSSR count). The van der Waals surface area contributed by atoms with Gasteiger partial charge in [-0.1, -0.05) is 43.7 Å². The molecule has 6 fully saturated rings. The highest BCUT2D eigenvalue weighted by atomic mass is 35.5. The second kappa shape index (κ2) is 19.3. The van der Waals surface area contributed by atoms with Gasteiger partial charge in [0.2, 0.25) is 5.91 Å². The fraction of sp³-hybridized carbons (Fsp3) is 0.673. The maximum Gasteiger partial charge on any atom is 0.306 e. The molecule has 8 atom stereocenters. The maximum absolute atomic E-state index is 14.9. The van der Waals surface area contributed by atoms with Crippen molar-refractivity contribution < 1.29 is 38.1 Å². The highest BCUT2D eigenvalue weighted by molar-refractivity contribution is 6.36. The molecular formula is C49H65ClN6O8. The molecule has 0 spiro atoms. The number of carbonyl (C=O) groups is 4. The summed E-state index contributed by atoms with van der Waals surface area (Å²) in [5.41, 5.74) is -0.217. The van der Waals surface area contributed by atoms with E-state index < -0.39 is 23.5 Å². The van der Waals surface area contributed by atoms with Crippen LogP contribution in [0, 0.1) is 29.1 Å². The standard InChI is InChI=1S/C49H65ClN6O8/c1-30(2)51-43-13-14-56(53-43)44-26-42(38-11-12-41(46(50)47(38)52-44)62-20-17-54-15-18-61-19-16-54)63-37-25-39-40(58)28-49(31(3)57)27-35(49)10-8-6-4-5-7-9-32(48(60)55(39)29-37)24-45(59)64-36-22-33-21-34(33)23-36/h11-14,26,30,32-37,39H,4-10,15-25,27-29H2,1-3H3,(H,51,53)/t32-,33-,34+,35-,36?,37-,39+,49+/m1/s1. The summed E-state index contributed by atoms with van der Waals surface area (Å²) in [6.45, 7) is 10.1. The number of ketones is 2. The SMILES string of the molecule is CC(=O)[C@]12CC(=O)[C@@H]3C[C@@H](Oc4cc(-n5ccc(NC(C)C)n5)nc5c(Cl)c(OCCN6CCOCC6)ccc45)CN3C(=O)[C@@H](CC(=O)OC3C[C@@H]4C[C@@H]4C3)CCCCCCC[C@@H]1C2. The second-order valence-corrected chi connectivity index (χ2v) is 20.2. The number of halogens is 1. The highest BCUT2D eigenvalue weighted by Gasteiger charge is 2.59. The number of rotatable bonds is 13. The Morgan fingerprint density at radius 3 is 2.50 bits per heavy atom. The molecule has 3 aliphatic carbocycles. The average molecular weight is 902 g/mol. The average Bonchev–Trinajstić information content (AvgIpc) is 3.92. The van der Waals surface area contributed by atoms with Gasteiger partial charge in [0, 0.05) is 73.6 Å². The van der Waals surface area contributed by atoms with Crippen LogP contribution in [0.1, 0.15) is 111 Å². The smallest absolute Gasteiger partial charge is 0.306 e. The van der Waals surface area contributed by atoms with E-state index in [4.69, 9.17) is 40.6 Å². The first-order chi connectivity index (χ1) is 30.9. The molecule has 3 aromatic rings. The molecule has 3 aliphatic heterocycles. The van der Waals surface area contributed by atoms with E-state index in [0.717, 1.165) is 71.0 Å². The van der Waals surface area contributed by atoms with Crippen molar-refractivity contribution >= 4 is 51.8 Å². The number of anilines is 1. The summed E-state index contributed by atoms with van der Waals surface area (Å²) >= 11 is 7.15. The molecule has 15 heteroatoms. The molecule has 1 amide bonds. The van der Waals surface area contributed by atoms with Crippen LogP contribution in [0.3, 0.4) is 0 Å². The number of amides is 1. The number of aromatic nitrogens is 3. The number of morpholine rings is 1. The van der Waals surface area contributed by atoms with Gasteiger partial charge in [-0.3, -0.25) is 24.1 Å². The number of hydrogen-bond donors (Lipinski definition) is 1. The molecular weight excluding hydrogens is 836 g/mol. The zero-order valence-electron chi connectivity index (χ0n) is 37.7. The largest absolute Gasteiger partial charge is 0.491 e. The summed E-state index contributed by atoms with van der Waals surface area (Å²) in [5.74, 6) is 2.37. The lowest BCUT2D eigenvalue weighted by Crippen LogP contribution is -2.45. The van der Waals surface area contributed by atoms with Gasteiger partial charge >= 0.3 is 5.97 Å². The van der Waals surface area contributed by atoms with E-state index in [9.17, 15) is 19.2 Å². The summed E-state index contributed by atoms with van der Waals surface area (Å²) in [6.07, 6.45) is 11.5. The van der Waals surface area contributed by atoms with Gasteiger partial charge in [-0.2, -0.15) is 0 Å². The van der Waals surface area contributed by atoms with Crippen molar-refractivity contribution in [3.05, 3.63) is 35.5 Å². The second-order valence-electron chi connectivity index (χ2n) is 19.8. The van der Waals surface area contributed by atoms with E-state index in [1.165, 1.54) is 6.42 Å². The Labute approximate surface area is 381 Å². The Morgan fingerprint density at radius 2 is 1.73 bits per heavy atom. The van der Waals surface area contributed by atoms with Gasteiger partial charge in [-0.25, -0.2) is 9.67 Å². The third-order valence-electron chi connectivity index (χ3n) is 14.9. The van der Waals surface area contributed by atoms with Crippen LogP contribution in [0.15, 0.2) is 30.5 Å². The van der Waals surface area contributed by atoms with Crippen LogP contribution in [0.25, 0.3) is 16.7 Å². The summed E-state index contributed by atoms with van der Waals surface area (Å²) in [4.78, 5) is 65.3. The van der Waals surface area contributed by atoms with E-state index in [-0.39, 0.29) is 67.3 Å². The molecule has 3 saturated carbocycles.